The summed E-state index contributed by atoms with van der Waals surface area (Å²) >= 11 is 2.58. The van der Waals surface area contributed by atoms with Gasteiger partial charge in [0.15, 0.2) is 4.34 Å². The van der Waals surface area contributed by atoms with Crippen molar-refractivity contribution in [1.82, 2.24) is 4.98 Å². The number of carbonyl (C=O) groups is 1. The van der Waals surface area contributed by atoms with Gasteiger partial charge in [0.05, 0.1) is 21.2 Å². The van der Waals surface area contributed by atoms with Crippen LogP contribution in [-0.4, -0.2) is 26.7 Å². The normalized spacial score (nSPS) is 10.6. The molecule has 0 aliphatic heterocycles. The Morgan fingerprint density at radius 1 is 1.12 bits per heavy atom. The lowest BCUT2D eigenvalue weighted by Crippen LogP contribution is -1.96. The maximum atomic E-state index is 10.8. The highest BCUT2D eigenvalue weighted by molar-refractivity contribution is 8.01. The Morgan fingerprint density at radius 3 is 2.40 bits per heavy atom. The molecule has 0 unspecified atom stereocenters. The molecule has 1 N–H and O–H groups in total. The van der Waals surface area contributed by atoms with Crippen LogP contribution in [0, 0.1) is 10.1 Å². The minimum atomic E-state index is -0.904. The molecule has 126 valence electrons. The number of hydrogen-bond donors (Lipinski definition) is 1. The topological polar surface area (TPSA) is 93.3 Å². The Hall–Kier alpha value is -2.71. The van der Waals surface area contributed by atoms with E-state index in [-0.39, 0.29) is 11.4 Å². The van der Waals surface area contributed by atoms with Crippen molar-refractivity contribution in [1.29, 1.82) is 0 Å². The number of aliphatic carboxylic acids is 1. The Balaban J connectivity index is 2.03. The fraction of sp³-hybridized carbons (Fsp3) is 0.0588. The van der Waals surface area contributed by atoms with E-state index in [0.29, 0.717) is 10.0 Å². The second kappa shape index (κ2) is 7.45. The number of nitrogens with zero attached hydrogens (tertiary/aromatic N) is 2. The van der Waals surface area contributed by atoms with E-state index in [1.54, 1.807) is 12.1 Å². The number of aromatic nitrogens is 1. The van der Waals surface area contributed by atoms with Gasteiger partial charge in [-0.1, -0.05) is 42.1 Å². The van der Waals surface area contributed by atoms with Gasteiger partial charge in [-0.2, -0.15) is 0 Å². The van der Waals surface area contributed by atoms with Gasteiger partial charge in [-0.3, -0.25) is 14.9 Å². The van der Waals surface area contributed by atoms with E-state index in [2.05, 4.69) is 4.98 Å². The van der Waals surface area contributed by atoms with E-state index in [1.165, 1.54) is 23.5 Å². The van der Waals surface area contributed by atoms with E-state index in [9.17, 15) is 14.9 Å². The molecular weight excluding hydrogens is 360 g/mol. The predicted octanol–water partition coefficient (Wildman–Crippen LogP) is 4.56. The minimum absolute atomic E-state index is 0.0146. The van der Waals surface area contributed by atoms with Crippen molar-refractivity contribution in [2.75, 3.05) is 5.75 Å². The Morgan fingerprint density at radius 2 is 1.80 bits per heavy atom. The molecule has 3 aromatic rings. The first kappa shape index (κ1) is 17.1. The molecule has 0 aliphatic carbocycles. The highest BCUT2D eigenvalue weighted by Gasteiger charge is 2.17. The minimum Gasteiger partial charge on any atom is -0.481 e. The summed E-state index contributed by atoms with van der Waals surface area (Å²) in [6.45, 7) is 0. The summed E-state index contributed by atoms with van der Waals surface area (Å²) < 4.78 is 0.648. The van der Waals surface area contributed by atoms with Crippen molar-refractivity contribution < 1.29 is 14.8 Å². The number of thioether (sulfide) groups is 1. The molecule has 25 heavy (non-hydrogen) atoms. The van der Waals surface area contributed by atoms with Gasteiger partial charge in [0, 0.05) is 17.7 Å². The summed E-state index contributed by atoms with van der Waals surface area (Å²) in [6.07, 6.45) is 0. The second-order valence-corrected chi connectivity index (χ2v) is 7.23. The number of thiazole rings is 1. The SMILES string of the molecule is O=C(O)CSc1nc(-c2ccc([N+](=O)[O-])cc2)c(-c2ccccc2)s1. The van der Waals surface area contributed by atoms with Crippen molar-refractivity contribution in [3.63, 3.8) is 0 Å². The van der Waals surface area contributed by atoms with E-state index < -0.39 is 10.9 Å². The van der Waals surface area contributed by atoms with E-state index in [4.69, 9.17) is 5.11 Å². The fourth-order valence-corrected chi connectivity index (χ4v) is 4.10. The highest BCUT2D eigenvalue weighted by atomic mass is 32.2. The molecule has 0 saturated carbocycles. The van der Waals surface area contributed by atoms with Crippen LogP contribution in [0.5, 0.6) is 0 Å². The average Bonchev–Trinajstić information content (AvgIpc) is 3.05. The van der Waals surface area contributed by atoms with Gasteiger partial charge in [0.25, 0.3) is 5.69 Å². The van der Waals surface area contributed by atoms with Crippen LogP contribution in [0.3, 0.4) is 0 Å². The largest absolute Gasteiger partial charge is 0.481 e. The molecular formula is C17H12N2O4S2. The van der Waals surface area contributed by atoms with Crippen LogP contribution < -0.4 is 0 Å². The number of carboxylic acids is 1. The lowest BCUT2D eigenvalue weighted by Gasteiger charge is -2.02. The summed E-state index contributed by atoms with van der Waals surface area (Å²) in [5.41, 5.74) is 2.43. The average molecular weight is 372 g/mol. The molecule has 1 heterocycles. The van der Waals surface area contributed by atoms with Crippen LogP contribution in [0.1, 0.15) is 0 Å². The molecule has 8 heteroatoms. The number of benzene rings is 2. The fourth-order valence-electron chi connectivity index (χ4n) is 2.21. The standard InChI is InChI=1S/C17H12N2O4S2/c20-14(21)10-24-17-18-15(11-6-8-13(9-7-11)19(22)23)16(25-17)12-4-2-1-3-5-12/h1-9H,10H2,(H,20,21). The molecule has 0 spiro atoms. The molecule has 6 nitrogen and oxygen atoms in total. The first-order valence-corrected chi connectivity index (χ1v) is 9.00. The Bertz CT molecular complexity index is 908. The van der Waals surface area contributed by atoms with Crippen LogP contribution in [0.25, 0.3) is 21.7 Å². The van der Waals surface area contributed by atoms with E-state index in [1.807, 2.05) is 30.3 Å². The molecule has 3 rings (SSSR count). The quantitative estimate of drug-likeness (QED) is 0.387. The molecule has 0 aliphatic rings. The maximum Gasteiger partial charge on any atom is 0.313 e. The predicted molar refractivity (Wildman–Crippen MR) is 98.0 cm³/mol. The van der Waals surface area contributed by atoms with E-state index >= 15 is 0 Å². The lowest BCUT2D eigenvalue weighted by molar-refractivity contribution is -0.384. The van der Waals surface area contributed by atoms with Gasteiger partial charge >= 0.3 is 5.97 Å². The third-order valence-electron chi connectivity index (χ3n) is 3.31. The number of carboxylic acid groups (broad SMARTS) is 1. The van der Waals surface area contributed by atoms with Crippen molar-refractivity contribution in [3.05, 3.63) is 64.7 Å². The zero-order valence-electron chi connectivity index (χ0n) is 12.8. The van der Waals surface area contributed by atoms with Crippen molar-refractivity contribution in [2.24, 2.45) is 0 Å². The van der Waals surface area contributed by atoms with Gasteiger partial charge in [-0.25, -0.2) is 4.98 Å². The summed E-state index contributed by atoms with van der Waals surface area (Å²) in [5, 5.41) is 19.7. The number of nitro benzene ring substituents is 1. The van der Waals surface area contributed by atoms with Crippen LogP contribution in [0.15, 0.2) is 58.9 Å². The lowest BCUT2D eigenvalue weighted by atomic mass is 10.1. The zero-order valence-corrected chi connectivity index (χ0v) is 14.4. The molecule has 0 fully saturated rings. The van der Waals surface area contributed by atoms with Crippen LogP contribution >= 0.6 is 23.1 Å². The summed E-state index contributed by atoms with van der Waals surface area (Å²) in [7, 11) is 0. The smallest absolute Gasteiger partial charge is 0.313 e. The highest BCUT2D eigenvalue weighted by Crippen LogP contribution is 2.40. The molecule has 0 amide bonds. The molecule has 0 atom stereocenters. The van der Waals surface area contributed by atoms with Gasteiger partial charge in [-0.05, 0) is 17.7 Å². The Labute approximate surface area is 151 Å². The first-order chi connectivity index (χ1) is 12.0. The molecule has 2 aromatic carbocycles. The molecule has 0 saturated heterocycles. The molecule has 0 radical (unpaired) electrons. The second-order valence-electron chi connectivity index (χ2n) is 5.01. The van der Waals surface area contributed by atoms with Crippen molar-refractivity contribution >= 4 is 34.8 Å². The van der Waals surface area contributed by atoms with E-state index in [0.717, 1.165) is 27.8 Å². The first-order valence-electron chi connectivity index (χ1n) is 7.20. The van der Waals surface area contributed by atoms with Gasteiger partial charge < -0.3 is 5.11 Å². The van der Waals surface area contributed by atoms with Crippen molar-refractivity contribution in [3.8, 4) is 21.7 Å². The van der Waals surface area contributed by atoms with Crippen molar-refractivity contribution in [2.45, 2.75) is 4.34 Å². The Kier molecular flexibility index (Phi) is 5.11. The maximum absolute atomic E-state index is 10.8. The monoisotopic (exact) mass is 372 g/mol. The zero-order chi connectivity index (χ0) is 17.8. The number of non-ortho nitro benzene ring substituents is 1. The number of nitro groups is 1. The van der Waals surface area contributed by atoms with Gasteiger partial charge in [-0.15, -0.1) is 11.3 Å². The third kappa shape index (κ3) is 4.04. The number of hydrogen-bond acceptors (Lipinski definition) is 6. The summed E-state index contributed by atoms with van der Waals surface area (Å²) in [4.78, 5) is 26.6. The van der Waals surface area contributed by atoms with Crippen LogP contribution in [0.2, 0.25) is 0 Å². The molecule has 0 bridgehead atoms. The van der Waals surface area contributed by atoms with Gasteiger partial charge in [0.2, 0.25) is 0 Å². The third-order valence-corrected chi connectivity index (χ3v) is 5.55. The van der Waals surface area contributed by atoms with Crippen LogP contribution in [0.4, 0.5) is 5.69 Å². The van der Waals surface area contributed by atoms with Gasteiger partial charge in [0.1, 0.15) is 0 Å². The number of rotatable bonds is 6. The summed E-state index contributed by atoms with van der Waals surface area (Å²) in [6, 6.07) is 15.8. The summed E-state index contributed by atoms with van der Waals surface area (Å²) in [5.74, 6) is -0.972. The molecule has 1 aromatic heterocycles. The van der Waals surface area contributed by atoms with Crippen LogP contribution in [-0.2, 0) is 4.79 Å².